The van der Waals surface area contributed by atoms with Crippen molar-refractivity contribution < 1.29 is 9.84 Å². The first-order valence-corrected chi connectivity index (χ1v) is 6.16. The third kappa shape index (κ3) is 3.45. The Balaban J connectivity index is 2.90. The zero-order chi connectivity index (χ0) is 12.8. The van der Waals surface area contributed by atoms with Crippen LogP contribution in [0.25, 0.3) is 0 Å². The number of aryl methyl sites for hydroxylation is 1. The molecule has 1 aromatic rings. The summed E-state index contributed by atoms with van der Waals surface area (Å²) in [4.78, 5) is 0. The van der Waals surface area contributed by atoms with Crippen LogP contribution in [0.5, 0.6) is 5.75 Å². The number of nitrogens with two attached hydrogens (primary N) is 1. The summed E-state index contributed by atoms with van der Waals surface area (Å²) in [6.07, 6.45) is 1.46. The molecular formula is C14H23NO2. The SMILES string of the molecule is CCCC(CN)C(O)c1ccc(C)c(OC)c1. The van der Waals surface area contributed by atoms with Gasteiger partial charge in [-0.2, -0.15) is 0 Å². The third-order valence-electron chi connectivity index (χ3n) is 3.18. The van der Waals surface area contributed by atoms with Crippen LogP contribution in [-0.4, -0.2) is 18.8 Å². The van der Waals surface area contributed by atoms with E-state index in [1.165, 1.54) is 0 Å². The Labute approximate surface area is 104 Å². The topological polar surface area (TPSA) is 55.5 Å². The first kappa shape index (κ1) is 14.0. The monoisotopic (exact) mass is 237 g/mol. The van der Waals surface area contributed by atoms with E-state index >= 15 is 0 Å². The highest BCUT2D eigenvalue weighted by atomic mass is 16.5. The molecule has 1 rings (SSSR count). The molecule has 0 heterocycles. The fraction of sp³-hybridized carbons (Fsp3) is 0.571. The lowest BCUT2D eigenvalue weighted by atomic mass is 9.91. The van der Waals surface area contributed by atoms with E-state index in [1.54, 1.807) is 7.11 Å². The molecule has 0 amide bonds. The minimum absolute atomic E-state index is 0.118. The average molecular weight is 237 g/mol. The van der Waals surface area contributed by atoms with Crippen LogP contribution in [0.2, 0.25) is 0 Å². The first-order valence-electron chi connectivity index (χ1n) is 6.16. The summed E-state index contributed by atoms with van der Waals surface area (Å²) in [7, 11) is 1.64. The van der Waals surface area contributed by atoms with Gasteiger partial charge in [0.25, 0.3) is 0 Å². The highest BCUT2D eigenvalue weighted by molar-refractivity contribution is 5.37. The van der Waals surface area contributed by atoms with E-state index in [-0.39, 0.29) is 5.92 Å². The second-order valence-electron chi connectivity index (χ2n) is 4.46. The molecule has 0 spiro atoms. The van der Waals surface area contributed by atoms with Crippen LogP contribution < -0.4 is 10.5 Å². The van der Waals surface area contributed by atoms with Gasteiger partial charge in [-0.05, 0) is 37.1 Å². The van der Waals surface area contributed by atoms with E-state index in [2.05, 4.69) is 6.92 Å². The van der Waals surface area contributed by atoms with Crippen LogP contribution in [0.3, 0.4) is 0 Å². The van der Waals surface area contributed by atoms with Crippen molar-refractivity contribution in [3.63, 3.8) is 0 Å². The molecule has 17 heavy (non-hydrogen) atoms. The summed E-state index contributed by atoms with van der Waals surface area (Å²) in [6, 6.07) is 5.82. The van der Waals surface area contributed by atoms with E-state index < -0.39 is 6.10 Å². The number of aliphatic hydroxyl groups is 1. The Morgan fingerprint density at radius 1 is 1.41 bits per heavy atom. The second-order valence-corrected chi connectivity index (χ2v) is 4.46. The summed E-state index contributed by atoms with van der Waals surface area (Å²) >= 11 is 0. The molecule has 3 heteroatoms. The van der Waals surface area contributed by atoms with Gasteiger partial charge in [0.05, 0.1) is 13.2 Å². The van der Waals surface area contributed by atoms with Crippen molar-refractivity contribution in [1.82, 2.24) is 0 Å². The zero-order valence-electron chi connectivity index (χ0n) is 10.9. The van der Waals surface area contributed by atoms with Gasteiger partial charge in [0.15, 0.2) is 0 Å². The van der Waals surface area contributed by atoms with Gasteiger partial charge in [-0.25, -0.2) is 0 Å². The van der Waals surface area contributed by atoms with Crippen LogP contribution in [0.1, 0.15) is 37.0 Å². The smallest absolute Gasteiger partial charge is 0.122 e. The maximum Gasteiger partial charge on any atom is 0.122 e. The molecule has 0 bridgehead atoms. The summed E-state index contributed by atoms with van der Waals surface area (Å²) in [5, 5.41) is 10.3. The first-order chi connectivity index (χ1) is 8.13. The largest absolute Gasteiger partial charge is 0.496 e. The van der Waals surface area contributed by atoms with Crippen molar-refractivity contribution in [2.24, 2.45) is 11.7 Å². The summed E-state index contributed by atoms with van der Waals surface area (Å²) in [5.41, 5.74) is 7.66. The molecule has 0 aliphatic rings. The van der Waals surface area contributed by atoms with E-state index in [0.717, 1.165) is 29.7 Å². The molecule has 2 atom stereocenters. The van der Waals surface area contributed by atoms with Crippen LogP contribution in [0, 0.1) is 12.8 Å². The molecule has 0 radical (unpaired) electrons. The van der Waals surface area contributed by atoms with E-state index in [9.17, 15) is 5.11 Å². The van der Waals surface area contributed by atoms with Crippen LogP contribution in [0.15, 0.2) is 18.2 Å². The van der Waals surface area contributed by atoms with Crippen LogP contribution >= 0.6 is 0 Å². The Hall–Kier alpha value is -1.06. The highest BCUT2D eigenvalue weighted by Crippen LogP contribution is 2.29. The van der Waals surface area contributed by atoms with Gasteiger partial charge in [0.2, 0.25) is 0 Å². The predicted molar refractivity (Wildman–Crippen MR) is 70.1 cm³/mol. The van der Waals surface area contributed by atoms with Gasteiger partial charge in [-0.3, -0.25) is 0 Å². The molecule has 3 N–H and O–H groups in total. The quantitative estimate of drug-likeness (QED) is 0.799. The molecular weight excluding hydrogens is 214 g/mol. The molecule has 2 unspecified atom stereocenters. The fourth-order valence-corrected chi connectivity index (χ4v) is 2.07. The van der Waals surface area contributed by atoms with Gasteiger partial charge in [-0.15, -0.1) is 0 Å². The fourth-order valence-electron chi connectivity index (χ4n) is 2.07. The van der Waals surface area contributed by atoms with Crippen molar-refractivity contribution in [2.45, 2.75) is 32.8 Å². The van der Waals surface area contributed by atoms with Gasteiger partial charge in [0.1, 0.15) is 5.75 Å². The predicted octanol–water partition coefficient (Wildman–Crippen LogP) is 2.41. The van der Waals surface area contributed by atoms with Crippen molar-refractivity contribution in [2.75, 3.05) is 13.7 Å². The van der Waals surface area contributed by atoms with Crippen LogP contribution in [0.4, 0.5) is 0 Å². The highest BCUT2D eigenvalue weighted by Gasteiger charge is 2.19. The molecule has 0 aliphatic heterocycles. The number of hydrogen-bond donors (Lipinski definition) is 2. The lowest BCUT2D eigenvalue weighted by Gasteiger charge is -2.22. The summed E-state index contributed by atoms with van der Waals surface area (Å²) < 4.78 is 5.27. The Morgan fingerprint density at radius 2 is 2.12 bits per heavy atom. The number of hydrogen-bond acceptors (Lipinski definition) is 3. The molecule has 0 saturated heterocycles. The maximum atomic E-state index is 10.3. The van der Waals surface area contributed by atoms with Crippen molar-refractivity contribution in [3.05, 3.63) is 29.3 Å². The maximum absolute atomic E-state index is 10.3. The molecule has 0 aliphatic carbocycles. The molecule has 0 saturated carbocycles. The van der Waals surface area contributed by atoms with Crippen molar-refractivity contribution in [3.8, 4) is 5.75 Å². The lowest BCUT2D eigenvalue weighted by molar-refractivity contribution is 0.106. The van der Waals surface area contributed by atoms with Gasteiger partial charge >= 0.3 is 0 Å². The van der Waals surface area contributed by atoms with Gasteiger partial charge < -0.3 is 15.6 Å². The third-order valence-corrected chi connectivity index (χ3v) is 3.18. The Bertz CT molecular complexity index is 352. The molecule has 3 nitrogen and oxygen atoms in total. The summed E-state index contributed by atoms with van der Waals surface area (Å²) in [5.74, 6) is 0.932. The van der Waals surface area contributed by atoms with E-state index in [4.69, 9.17) is 10.5 Å². The van der Waals surface area contributed by atoms with Crippen LogP contribution in [-0.2, 0) is 0 Å². The molecule has 96 valence electrons. The van der Waals surface area contributed by atoms with Crippen molar-refractivity contribution in [1.29, 1.82) is 0 Å². The van der Waals surface area contributed by atoms with E-state index in [1.807, 2.05) is 25.1 Å². The Kier molecular flexibility index (Phi) is 5.45. The zero-order valence-corrected chi connectivity index (χ0v) is 10.9. The second kappa shape index (κ2) is 6.62. The molecule has 0 fully saturated rings. The molecule has 1 aromatic carbocycles. The minimum atomic E-state index is -0.505. The number of methoxy groups -OCH3 is 1. The minimum Gasteiger partial charge on any atom is -0.496 e. The Morgan fingerprint density at radius 3 is 2.65 bits per heavy atom. The number of aliphatic hydroxyl groups excluding tert-OH is 1. The van der Waals surface area contributed by atoms with Crippen molar-refractivity contribution >= 4 is 0 Å². The number of ether oxygens (including phenoxy) is 1. The lowest BCUT2D eigenvalue weighted by Crippen LogP contribution is -2.21. The number of rotatable bonds is 6. The average Bonchev–Trinajstić information content (AvgIpc) is 2.35. The molecule has 0 aromatic heterocycles. The van der Waals surface area contributed by atoms with E-state index in [0.29, 0.717) is 6.54 Å². The summed E-state index contributed by atoms with van der Waals surface area (Å²) in [6.45, 7) is 4.59. The standard InChI is InChI=1S/C14H23NO2/c1-4-5-12(9-15)14(16)11-7-6-10(2)13(8-11)17-3/h6-8,12,14,16H,4-5,9,15H2,1-3H3. The van der Waals surface area contributed by atoms with Gasteiger partial charge in [-0.1, -0.05) is 25.5 Å². The normalized spacial score (nSPS) is 14.4. The number of benzene rings is 1. The van der Waals surface area contributed by atoms with Gasteiger partial charge in [0, 0.05) is 5.92 Å².